The third-order valence-electron chi connectivity index (χ3n) is 2.46. The summed E-state index contributed by atoms with van der Waals surface area (Å²) in [6, 6.07) is 4.36. The Morgan fingerprint density at radius 3 is 3.07 bits per heavy atom. The lowest BCUT2D eigenvalue weighted by Gasteiger charge is -2.03. The van der Waals surface area contributed by atoms with Gasteiger partial charge in [0.2, 0.25) is 0 Å². The topological polar surface area (TPSA) is 0 Å². The van der Waals surface area contributed by atoms with Gasteiger partial charge < -0.3 is 0 Å². The molecule has 1 unspecified atom stereocenters. The summed E-state index contributed by atoms with van der Waals surface area (Å²) in [6.07, 6.45) is 3.45. The van der Waals surface area contributed by atoms with E-state index in [9.17, 15) is 0 Å². The van der Waals surface area contributed by atoms with Crippen LogP contribution in [0.5, 0.6) is 0 Å². The van der Waals surface area contributed by atoms with Crippen molar-refractivity contribution in [2.45, 2.75) is 15.9 Å². The van der Waals surface area contributed by atoms with Gasteiger partial charge in [-0.25, -0.2) is 0 Å². The predicted octanol–water partition coefficient (Wildman–Crippen LogP) is 4.81. The normalized spacial score (nSPS) is 19.4. The van der Waals surface area contributed by atoms with Crippen molar-refractivity contribution in [3.63, 3.8) is 0 Å². The lowest BCUT2D eigenvalue weighted by Crippen LogP contribution is -1.90. The summed E-state index contributed by atoms with van der Waals surface area (Å²) in [4.78, 5) is 4.46. The number of thioether (sulfide) groups is 2. The number of fused-ring (bicyclic) bond motifs is 1. The van der Waals surface area contributed by atoms with Crippen molar-refractivity contribution in [2.24, 2.45) is 0 Å². The summed E-state index contributed by atoms with van der Waals surface area (Å²) in [5, 5.41) is 4.50. The molecule has 0 saturated heterocycles. The van der Waals surface area contributed by atoms with Gasteiger partial charge in [-0.3, -0.25) is 0 Å². The van der Waals surface area contributed by atoms with Crippen LogP contribution in [0, 0.1) is 0 Å². The van der Waals surface area contributed by atoms with Gasteiger partial charge >= 0.3 is 0 Å². The fourth-order valence-electron chi connectivity index (χ4n) is 1.71. The van der Waals surface area contributed by atoms with Crippen LogP contribution in [0.15, 0.2) is 27.8 Å². The van der Waals surface area contributed by atoms with Crippen LogP contribution in [0.1, 0.15) is 5.56 Å². The second-order valence-electron chi connectivity index (χ2n) is 3.38. The Hall–Kier alpha value is 0.1000. The molecule has 0 nitrogen and oxygen atoms in total. The molecular formula is C11H10S4. The Kier molecular flexibility index (Phi) is 2.85. The molecule has 1 aliphatic rings. The lowest BCUT2D eigenvalue weighted by molar-refractivity contribution is 1.13. The minimum atomic E-state index is 0.738. The molecule has 1 atom stereocenters. The van der Waals surface area contributed by atoms with E-state index >= 15 is 0 Å². The molecule has 4 heteroatoms. The minimum absolute atomic E-state index is 0.738. The molecule has 0 saturated carbocycles. The standard InChI is InChI=1S/C11H10S4/c1-12-9-5-7-6-14-11(10(7)15-9)8-3-2-4-13-8/h2-4,6,9H,5H2,1H3. The maximum Gasteiger partial charge on any atom is 0.0588 e. The molecule has 78 valence electrons. The van der Waals surface area contributed by atoms with Gasteiger partial charge in [-0.1, -0.05) is 6.07 Å². The van der Waals surface area contributed by atoms with E-state index in [1.807, 2.05) is 46.2 Å². The van der Waals surface area contributed by atoms with Crippen molar-refractivity contribution in [2.75, 3.05) is 6.26 Å². The SMILES string of the molecule is CSC1Cc2csc(-c3cccs3)c2S1. The summed E-state index contributed by atoms with van der Waals surface area (Å²) in [5.74, 6) is 0. The van der Waals surface area contributed by atoms with Crippen LogP contribution in [0.4, 0.5) is 0 Å². The molecule has 2 aromatic rings. The van der Waals surface area contributed by atoms with E-state index in [0.717, 1.165) is 4.58 Å². The van der Waals surface area contributed by atoms with E-state index in [4.69, 9.17) is 0 Å². The smallest absolute Gasteiger partial charge is 0.0588 e. The van der Waals surface area contributed by atoms with E-state index in [1.54, 1.807) is 10.5 Å². The Bertz CT molecular complexity index is 455. The van der Waals surface area contributed by atoms with Gasteiger partial charge in [0.05, 0.1) is 9.46 Å². The first kappa shape index (κ1) is 10.3. The molecule has 2 aromatic heterocycles. The van der Waals surface area contributed by atoms with Crippen molar-refractivity contribution in [1.82, 2.24) is 0 Å². The molecule has 0 aliphatic carbocycles. The van der Waals surface area contributed by atoms with E-state index in [0.29, 0.717) is 0 Å². The monoisotopic (exact) mass is 270 g/mol. The van der Waals surface area contributed by atoms with E-state index in [2.05, 4.69) is 29.1 Å². The van der Waals surface area contributed by atoms with Gasteiger partial charge in [-0.2, -0.15) is 11.8 Å². The van der Waals surface area contributed by atoms with Gasteiger partial charge in [-0.05, 0) is 35.1 Å². The van der Waals surface area contributed by atoms with Gasteiger partial charge in [0.15, 0.2) is 0 Å². The second-order valence-corrected chi connectivity index (χ2v) is 7.76. The number of hydrogen-bond donors (Lipinski definition) is 0. The van der Waals surface area contributed by atoms with Crippen LogP contribution in [0.2, 0.25) is 0 Å². The van der Waals surface area contributed by atoms with E-state index < -0.39 is 0 Å². The summed E-state index contributed by atoms with van der Waals surface area (Å²) in [6.45, 7) is 0. The number of hydrogen-bond acceptors (Lipinski definition) is 4. The quantitative estimate of drug-likeness (QED) is 0.768. The van der Waals surface area contributed by atoms with E-state index in [1.165, 1.54) is 16.2 Å². The molecule has 0 N–H and O–H groups in total. The zero-order valence-electron chi connectivity index (χ0n) is 8.23. The molecule has 0 spiro atoms. The van der Waals surface area contributed by atoms with Crippen molar-refractivity contribution in [3.05, 3.63) is 28.5 Å². The summed E-state index contributed by atoms with van der Waals surface area (Å²) in [5.41, 5.74) is 1.56. The lowest BCUT2D eigenvalue weighted by atomic mass is 10.2. The first-order chi connectivity index (χ1) is 7.38. The average molecular weight is 270 g/mol. The highest BCUT2D eigenvalue weighted by atomic mass is 32.2. The highest BCUT2D eigenvalue weighted by Gasteiger charge is 2.26. The molecule has 0 fully saturated rings. The van der Waals surface area contributed by atoms with E-state index in [-0.39, 0.29) is 0 Å². The Morgan fingerprint density at radius 2 is 2.33 bits per heavy atom. The van der Waals surface area contributed by atoms with Crippen molar-refractivity contribution < 1.29 is 0 Å². The third-order valence-corrected chi connectivity index (χ3v) is 7.36. The molecule has 15 heavy (non-hydrogen) atoms. The largest absolute Gasteiger partial charge is 0.150 e. The van der Waals surface area contributed by atoms with Gasteiger partial charge in [0.1, 0.15) is 0 Å². The molecule has 0 aromatic carbocycles. The Morgan fingerprint density at radius 1 is 1.40 bits per heavy atom. The zero-order chi connectivity index (χ0) is 10.3. The molecule has 3 heterocycles. The Labute approximate surface area is 106 Å². The molecule has 0 amide bonds. The molecule has 0 radical (unpaired) electrons. The van der Waals surface area contributed by atoms with Crippen LogP contribution >= 0.6 is 46.2 Å². The molecular weight excluding hydrogens is 260 g/mol. The number of thiophene rings is 2. The van der Waals surface area contributed by atoms with Crippen molar-refractivity contribution in [3.8, 4) is 9.75 Å². The second kappa shape index (κ2) is 4.17. The van der Waals surface area contributed by atoms with Crippen LogP contribution in [-0.2, 0) is 6.42 Å². The van der Waals surface area contributed by atoms with Crippen LogP contribution < -0.4 is 0 Å². The van der Waals surface area contributed by atoms with Crippen molar-refractivity contribution in [1.29, 1.82) is 0 Å². The third kappa shape index (κ3) is 1.78. The maximum atomic E-state index is 2.34. The first-order valence-corrected chi connectivity index (χ1v) is 8.65. The summed E-state index contributed by atoms with van der Waals surface area (Å²) in [7, 11) is 0. The first-order valence-electron chi connectivity index (χ1n) is 4.72. The fraction of sp³-hybridized carbons (Fsp3) is 0.273. The van der Waals surface area contributed by atoms with Crippen LogP contribution in [0.3, 0.4) is 0 Å². The Balaban J connectivity index is 2.00. The van der Waals surface area contributed by atoms with Gasteiger partial charge in [0, 0.05) is 9.77 Å². The van der Waals surface area contributed by atoms with Crippen LogP contribution in [-0.4, -0.2) is 10.8 Å². The molecule has 3 rings (SSSR count). The molecule has 1 aliphatic heterocycles. The maximum absolute atomic E-state index is 2.34. The number of rotatable bonds is 2. The van der Waals surface area contributed by atoms with Gasteiger partial charge in [-0.15, -0.1) is 34.4 Å². The zero-order valence-corrected chi connectivity index (χ0v) is 11.5. The average Bonchev–Trinajstić information content (AvgIpc) is 2.92. The fourth-order valence-corrected chi connectivity index (χ4v) is 6.05. The predicted molar refractivity (Wildman–Crippen MR) is 74.5 cm³/mol. The summed E-state index contributed by atoms with van der Waals surface area (Å²) < 4.78 is 0.738. The van der Waals surface area contributed by atoms with Gasteiger partial charge in [0.25, 0.3) is 0 Å². The highest BCUT2D eigenvalue weighted by Crippen LogP contribution is 2.50. The highest BCUT2D eigenvalue weighted by molar-refractivity contribution is 8.17. The minimum Gasteiger partial charge on any atom is -0.150 e. The summed E-state index contributed by atoms with van der Waals surface area (Å²) >= 11 is 7.77. The molecule has 0 bridgehead atoms. The van der Waals surface area contributed by atoms with Crippen molar-refractivity contribution >= 4 is 46.2 Å². The van der Waals surface area contributed by atoms with Crippen LogP contribution in [0.25, 0.3) is 9.75 Å².